The van der Waals surface area contributed by atoms with Gasteiger partial charge in [0.15, 0.2) is 5.72 Å². The monoisotopic (exact) mass is 749 g/mol. The van der Waals surface area contributed by atoms with E-state index in [0.717, 1.165) is 5.57 Å². The van der Waals surface area contributed by atoms with Crippen molar-refractivity contribution in [3.63, 3.8) is 0 Å². The summed E-state index contributed by atoms with van der Waals surface area (Å²) < 4.78 is 35.1. The summed E-state index contributed by atoms with van der Waals surface area (Å²) in [4.78, 5) is 56.1. The molecule has 0 aromatic heterocycles. The van der Waals surface area contributed by atoms with Gasteiger partial charge >= 0.3 is 12.1 Å². The maximum absolute atomic E-state index is 14.2. The van der Waals surface area contributed by atoms with Crippen LogP contribution in [0.1, 0.15) is 66.1 Å². The van der Waals surface area contributed by atoms with E-state index < -0.39 is 71.8 Å². The fourth-order valence-corrected chi connectivity index (χ4v) is 7.21. The third-order valence-corrected chi connectivity index (χ3v) is 10.8. The van der Waals surface area contributed by atoms with Gasteiger partial charge in [-0.3, -0.25) is 14.9 Å². The number of alkyl carbamates (subject to hydrolysis) is 1. The summed E-state index contributed by atoms with van der Waals surface area (Å²) in [5, 5.41) is 14.4. The Bertz CT molecular complexity index is 1600. The number of fused-ring (bicyclic) bond motifs is 5. The van der Waals surface area contributed by atoms with Gasteiger partial charge in [-0.1, -0.05) is 50.6 Å². The zero-order valence-electron chi connectivity index (χ0n) is 31.7. The molecule has 3 heterocycles. The van der Waals surface area contributed by atoms with E-state index in [1.807, 2.05) is 6.92 Å². The highest BCUT2D eigenvalue weighted by molar-refractivity contribution is 6.35. The van der Waals surface area contributed by atoms with E-state index in [2.05, 4.69) is 5.32 Å². The van der Waals surface area contributed by atoms with Gasteiger partial charge in [0.2, 0.25) is 11.8 Å². The Kier molecular flexibility index (Phi) is 12.7. The number of hydrogen-bond acceptors (Lipinski definition) is 11. The van der Waals surface area contributed by atoms with E-state index >= 15 is 0 Å². The number of nitrogens with zero attached hydrogens (tertiary/aromatic N) is 2. The van der Waals surface area contributed by atoms with Gasteiger partial charge in [0, 0.05) is 46.6 Å². The first-order valence-corrected chi connectivity index (χ1v) is 17.6. The van der Waals surface area contributed by atoms with Crippen LogP contribution >= 0.6 is 11.6 Å². The van der Waals surface area contributed by atoms with Crippen molar-refractivity contribution in [1.29, 1.82) is 0 Å². The molecular formula is C37H52ClN3O11. The lowest BCUT2D eigenvalue weighted by Crippen LogP contribution is -2.63. The number of epoxide rings is 1. The SMILES string of the molecule is COc1cc2cc(c1Cl)N(C)C(=O)C[C@H](OC(=O)[C@H](C)N(C)C(=O)C(C)C)[C@]1(C)O[C@H]1[C@H](C)[C@@H]1C[C@@](O)(NC(=O)O1)[C@@H](OC)/C=C/C=C(\C)C2OC. The number of aliphatic hydroxyl groups is 1. The zero-order chi connectivity index (χ0) is 38.9. The molecule has 2 N–H and O–H groups in total. The predicted octanol–water partition coefficient (Wildman–Crippen LogP) is 4.32. The first-order valence-electron chi connectivity index (χ1n) is 17.2. The standard InChI is InChI=1S/C37H52ClN3O11/c1-19(2)33(43)40(7)22(5)34(44)51-28-17-29(42)41(8)24-15-23(16-25(47-9)30(24)38)31(49-11)20(3)13-12-14-27(48-10)37(46)18-26(50-35(45)39-37)21(4)32-36(28,6)52-32/h12-16,19,21-22,26-28,31-32,46H,17-18H2,1-11H3,(H,39,45)/b14-12+,20-13+/t21-,22+,26+,27+,28+,31?,32+,36+,37+/m1/s1. The number of halogens is 1. The van der Waals surface area contributed by atoms with Crippen LogP contribution in [0.4, 0.5) is 10.5 Å². The number of hydrogen-bond donors (Lipinski definition) is 2. The van der Waals surface area contributed by atoms with Gasteiger partial charge in [0.25, 0.3) is 0 Å². The van der Waals surface area contributed by atoms with Crippen LogP contribution in [0.15, 0.2) is 35.9 Å². The normalized spacial score (nSPS) is 33.1. The zero-order valence-corrected chi connectivity index (χ0v) is 32.5. The second-order valence-corrected chi connectivity index (χ2v) is 14.6. The Morgan fingerprint density at radius 1 is 1.15 bits per heavy atom. The summed E-state index contributed by atoms with van der Waals surface area (Å²) in [6.45, 7) is 10.3. The number of benzene rings is 1. The molecule has 0 spiro atoms. The molecule has 1 unspecified atom stereocenters. The summed E-state index contributed by atoms with van der Waals surface area (Å²) >= 11 is 6.79. The van der Waals surface area contributed by atoms with E-state index in [1.165, 1.54) is 38.2 Å². The molecule has 52 heavy (non-hydrogen) atoms. The van der Waals surface area contributed by atoms with Crippen molar-refractivity contribution in [3.05, 3.63) is 46.5 Å². The maximum atomic E-state index is 14.2. The van der Waals surface area contributed by atoms with E-state index in [9.17, 15) is 24.3 Å². The highest BCUT2D eigenvalue weighted by Crippen LogP contribution is 2.49. The molecule has 3 amide bonds. The number of likely N-dealkylation sites (N-methyl/N-ethyl adjacent to an activating group) is 1. The fourth-order valence-electron chi connectivity index (χ4n) is 6.89. The molecule has 3 aliphatic heterocycles. The Morgan fingerprint density at radius 2 is 1.83 bits per heavy atom. The summed E-state index contributed by atoms with van der Waals surface area (Å²) in [6, 6.07) is 2.46. The highest BCUT2D eigenvalue weighted by atomic mass is 35.5. The summed E-state index contributed by atoms with van der Waals surface area (Å²) in [7, 11) is 7.48. The number of nitrogens with one attached hydrogen (secondary N) is 1. The van der Waals surface area contributed by atoms with Crippen LogP contribution in [0.2, 0.25) is 5.02 Å². The third kappa shape index (κ3) is 8.26. The average molecular weight is 750 g/mol. The summed E-state index contributed by atoms with van der Waals surface area (Å²) in [5.41, 5.74) is -1.39. The van der Waals surface area contributed by atoms with Crippen molar-refractivity contribution in [2.24, 2.45) is 11.8 Å². The van der Waals surface area contributed by atoms with Gasteiger partial charge in [-0.25, -0.2) is 9.59 Å². The number of rotatable bonds is 7. The first kappa shape index (κ1) is 41.1. The minimum absolute atomic E-state index is 0.0719. The molecule has 1 aromatic rings. The van der Waals surface area contributed by atoms with Gasteiger partial charge < -0.3 is 43.3 Å². The van der Waals surface area contributed by atoms with E-state index in [4.69, 9.17) is 40.0 Å². The van der Waals surface area contributed by atoms with Crippen molar-refractivity contribution in [1.82, 2.24) is 10.2 Å². The smallest absolute Gasteiger partial charge is 0.409 e. The van der Waals surface area contributed by atoms with E-state index in [-0.39, 0.29) is 29.7 Å². The van der Waals surface area contributed by atoms with E-state index in [1.54, 1.807) is 72.0 Å². The largest absolute Gasteiger partial charge is 0.495 e. The lowest BCUT2D eigenvalue weighted by molar-refractivity contribution is -0.162. The van der Waals surface area contributed by atoms with Crippen LogP contribution in [-0.2, 0) is 38.1 Å². The maximum Gasteiger partial charge on any atom is 0.409 e. The number of carbonyl (C=O) groups excluding carboxylic acids is 4. The molecular weight excluding hydrogens is 698 g/mol. The van der Waals surface area contributed by atoms with Gasteiger partial charge in [-0.15, -0.1) is 0 Å². The topological polar surface area (TPSA) is 166 Å². The van der Waals surface area contributed by atoms with Crippen molar-refractivity contribution >= 4 is 41.2 Å². The number of carbonyl (C=O) groups is 4. The second kappa shape index (κ2) is 16.1. The Morgan fingerprint density at radius 3 is 2.42 bits per heavy atom. The molecule has 4 bridgehead atoms. The lowest BCUT2D eigenvalue weighted by Gasteiger charge is -2.42. The minimum atomic E-state index is -1.86. The quantitative estimate of drug-likeness (QED) is 0.301. The fraction of sp³-hybridized carbons (Fsp3) is 0.622. The van der Waals surface area contributed by atoms with Crippen molar-refractivity contribution in [2.45, 2.75) is 102 Å². The number of anilines is 1. The molecule has 288 valence electrons. The third-order valence-electron chi connectivity index (χ3n) is 10.4. The molecule has 9 atom stereocenters. The molecule has 2 saturated heterocycles. The van der Waals surface area contributed by atoms with Gasteiger partial charge in [-0.2, -0.15) is 0 Å². The molecule has 2 fully saturated rings. The van der Waals surface area contributed by atoms with Crippen LogP contribution < -0.4 is 15.0 Å². The molecule has 0 saturated carbocycles. The van der Waals surface area contributed by atoms with Crippen LogP contribution in [0.5, 0.6) is 5.75 Å². The van der Waals surface area contributed by atoms with E-state index in [0.29, 0.717) is 17.0 Å². The molecule has 15 heteroatoms. The second-order valence-electron chi connectivity index (χ2n) is 14.3. The molecule has 3 aliphatic rings. The Hall–Kier alpha value is -3.69. The van der Waals surface area contributed by atoms with Crippen LogP contribution in [0.25, 0.3) is 0 Å². The van der Waals surface area contributed by atoms with Crippen molar-refractivity contribution in [2.75, 3.05) is 40.3 Å². The molecule has 0 aliphatic carbocycles. The summed E-state index contributed by atoms with van der Waals surface area (Å²) in [6.07, 6.45) is -0.443. The minimum Gasteiger partial charge on any atom is -0.495 e. The number of ether oxygens (including phenoxy) is 6. The molecule has 1 aromatic carbocycles. The number of allylic oxidation sites excluding steroid dienone is 2. The highest BCUT2D eigenvalue weighted by Gasteiger charge is 2.64. The van der Waals surface area contributed by atoms with Crippen molar-refractivity contribution in [3.8, 4) is 5.75 Å². The van der Waals surface area contributed by atoms with Crippen LogP contribution in [-0.4, -0.2) is 111 Å². The lowest BCUT2D eigenvalue weighted by atomic mass is 9.83. The van der Waals surface area contributed by atoms with Gasteiger partial charge in [0.05, 0.1) is 25.3 Å². The summed E-state index contributed by atoms with van der Waals surface area (Å²) in [5.74, 6) is -2.05. The number of amides is 3. The molecule has 14 nitrogen and oxygen atoms in total. The first-order chi connectivity index (χ1) is 24.3. The average Bonchev–Trinajstić information content (AvgIpc) is 3.79. The Balaban J connectivity index is 1.83. The Labute approximate surface area is 310 Å². The van der Waals surface area contributed by atoms with Gasteiger partial charge in [-0.05, 0) is 44.0 Å². The predicted molar refractivity (Wildman–Crippen MR) is 192 cm³/mol. The van der Waals surface area contributed by atoms with Gasteiger partial charge in [0.1, 0.15) is 46.8 Å². The molecule has 4 rings (SSSR count). The van der Waals surface area contributed by atoms with Crippen LogP contribution in [0, 0.1) is 11.8 Å². The number of esters is 1. The van der Waals surface area contributed by atoms with Crippen molar-refractivity contribution < 1.29 is 52.7 Å². The van der Waals surface area contributed by atoms with Crippen LogP contribution in [0.3, 0.4) is 0 Å². The molecule has 0 radical (unpaired) electrons. The number of methoxy groups -OCH3 is 3.